The van der Waals surface area contributed by atoms with E-state index in [4.69, 9.17) is 0 Å². The Balaban J connectivity index is 4.37. The van der Waals surface area contributed by atoms with Crippen LogP contribution in [0, 0.1) is 5.92 Å². The molecule has 0 aromatic carbocycles. The van der Waals surface area contributed by atoms with Gasteiger partial charge in [-0.3, -0.25) is 14.4 Å². The molecule has 0 aromatic heterocycles. The minimum Gasteiger partial charge on any atom is -0.299 e. The number of hydrogen-bond donors (Lipinski definition) is 3. The van der Waals surface area contributed by atoms with Crippen molar-refractivity contribution in [2.45, 2.75) is 12.8 Å². The van der Waals surface area contributed by atoms with Crippen molar-refractivity contribution in [3.8, 4) is 0 Å². The standard InChI is InChI=1S/C9H14O3S3/c10-7(3-13)1-6(9(12)5-15)2-8(11)4-14/h6,13-15H,1-5H2. The van der Waals surface area contributed by atoms with Crippen molar-refractivity contribution in [1.82, 2.24) is 0 Å². The van der Waals surface area contributed by atoms with Crippen LogP contribution in [0.1, 0.15) is 12.8 Å². The van der Waals surface area contributed by atoms with E-state index in [1.54, 1.807) is 0 Å². The summed E-state index contributed by atoms with van der Waals surface area (Å²) in [6.45, 7) is 0. The van der Waals surface area contributed by atoms with Crippen LogP contribution in [-0.4, -0.2) is 34.6 Å². The van der Waals surface area contributed by atoms with Crippen LogP contribution >= 0.6 is 37.9 Å². The van der Waals surface area contributed by atoms with Gasteiger partial charge in [-0.05, 0) is 0 Å². The zero-order valence-corrected chi connectivity index (χ0v) is 10.9. The molecule has 0 saturated heterocycles. The van der Waals surface area contributed by atoms with Gasteiger partial charge in [0.1, 0.15) is 17.3 Å². The first-order chi connectivity index (χ1) is 7.04. The van der Waals surface area contributed by atoms with Gasteiger partial charge in [0.15, 0.2) is 0 Å². The Labute approximate surface area is 106 Å². The van der Waals surface area contributed by atoms with Gasteiger partial charge < -0.3 is 0 Å². The van der Waals surface area contributed by atoms with Crippen molar-refractivity contribution in [3.05, 3.63) is 0 Å². The molecule has 0 radical (unpaired) electrons. The third-order valence-corrected chi connectivity index (χ3v) is 2.93. The van der Waals surface area contributed by atoms with E-state index in [9.17, 15) is 14.4 Å². The van der Waals surface area contributed by atoms with E-state index in [0.717, 1.165) is 0 Å². The smallest absolute Gasteiger partial charge is 0.146 e. The molecule has 0 aliphatic heterocycles. The first kappa shape index (κ1) is 15.1. The highest BCUT2D eigenvalue weighted by atomic mass is 32.1. The van der Waals surface area contributed by atoms with Crippen LogP contribution in [0.3, 0.4) is 0 Å². The predicted molar refractivity (Wildman–Crippen MR) is 69.3 cm³/mol. The number of Topliss-reactive ketones (excluding diaryl/α,β-unsaturated/α-hetero) is 3. The molecule has 0 N–H and O–H groups in total. The Morgan fingerprint density at radius 3 is 1.47 bits per heavy atom. The van der Waals surface area contributed by atoms with Gasteiger partial charge in [0.05, 0.1) is 0 Å². The van der Waals surface area contributed by atoms with Crippen molar-refractivity contribution in [3.63, 3.8) is 0 Å². The van der Waals surface area contributed by atoms with Gasteiger partial charge in [-0.2, -0.15) is 37.9 Å². The van der Waals surface area contributed by atoms with E-state index in [1.807, 2.05) is 0 Å². The quantitative estimate of drug-likeness (QED) is 0.572. The van der Waals surface area contributed by atoms with Crippen molar-refractivity contribution in [2.24, 2.45) is 5.92 Å². The Kier molecular flexibility index (Phi) is 8.27. The number of hydrogen-bond acceptors (Lipinski definition) is 6. The van der Waals surface area contributed by atoms with Gasteiger partial charge in [-0.25, -0.2) is 0 Å². The van der Waals surface area contributed by atoms with E-state index in [2.05, 4.69) is 37.9 Å². The fraction of sp³-hybridized carbons (Fsp3) is 0.667. The van der Waals surface area contributed by atoms with Gasteiger partial charge in [-0.15, -0.1) is 0 Å². The van der Waals surface area contributed by atoms with E-state index in [0.29, 0.717) is 0 Å². The summed E-state index contributed by atoms with van der Waals surface area (Å²) in [7, 11) is 0. The molecule has 0 aliphatic rings. The van der Waals surface area contributed by atoms with Gasteiger partial charge in [-0.1, -0.05) is 0 Å². The average molecular weight is 266 g/mol. The molecule has 86 valence electrons. The summed E-state index contributed by atoms with van der Waals surface area (Å²) in [5, 5.41) is 0. The third kappa shape index (κ3) is 6.27. The summed E-state index contributed by atoms with van der Waals surface area (Å²) >= 11 is 11.5. The fourth-order valence-electron chi connectivity index (χ4n) is 1.11. The molecule has 0 aliphatic carbocycles. The summed E-state index contributed by atoms with van der Waals surface area (Å²) in [5.41, 5.74) is 0. The third-order valence-electron chi connectivity index (χ3n) is 1.91. The molecule has 0 unspecified atom stereocenters. The number of thiol groups is 3. The summed E-state index contributed by atoms with van der Waals surface area (Å²) in [6, 6.07) is 0. The average Bonchev–Trinajstić information content (AvgIpc) is 2.26. The van der Waals surface area contributed by atoms with Crippen LogP contribution in [0.15, 0.2) is 0 Å². The van der Waals surface area contributed by atoms with Crippen LogP contribution in [0.4, 0.5) is 0 Å². The van der Waals surface area contributed by atoms with E-state index in [-0.39, 0.29) is 47.4 Å². The summed E-state index contributed by atoms with van der Waals surface area (Å²) < 4.78 is 0. The first-order valence-electron chi connectivity index (χ1n) is 4.43. The number of ketones is 3. The van der Waals surface area contributed by atoms with E-state index >= 15 is 0 Å². The molecule has 0 atom stereocenters. The minimum atomic E-state index is -0.554. The monoisotopic (exact) mass is 266 g/mol. The lowest BCUT2D eigenvalue weighted by atomic mass is 9.93. The second-order valence-corrected chi connectivity index (χ2v) is 4.07. The topological polar surface area (TPSA) is 51.2 Å². The van der Waals surface area contributed by atoms with Crippen LogP contribution in [0.2, 0.25) is 0 Å². The largest absolute Gasteiger partial charge is 0.299 e. The van der Waals surface area contributed by atoms with Gasteiger partial charge in [0.2, 0.25) is 0 Å². The maximum Gasteiger partial charge on any atom is 0.146 e. The maximum atomic E-state index is 11.4. The lowest BCUT2D eigenvalue weighted by Crippen LogP contribution is -2.23. The lowest BCUT2D eigenvalue weighted by molar-refractivity contribution is -0.128. The van der Waals surface area contributed by atoms with Crippen molar-refractivity contribution in [1.29, 1.82) is 0 Å². The second kappa shape index (κ2) is 8.24. The zero-order chi connectivity index (χ0) is 11.8. The first-order valence-corrected chi connectivity index (χ1v) is 6.33. The highest BCUT2D eigenvalue weighted by Gasteiger charge is 2.22. The summed E-state index contributed by atoms with van der Waals surface area (Å²) in [5.74, 6) is -0.775. The molecule has 0 spiro atoms. The number of rotatable bonds is 8. The SMILES string of the molecule is O=C(CS)CC(CC(=O)CS)C(=O)CS. The lowest BCUT2D eigenvalue weighted by Gasteiger charge is -2.11. The summed E-state index contributed by atoms with van der Waals surface area (Å²) in [6.07, 6.45) is 0.144. The molecule has 0 rings (SSSR count). The molecule has 0 fully saturated rings. The molecule has 0 saturated carbocycles. The molecule has 15 heavy (non-hydrogen) atoms. The molecule has 0 amide bonds. The molecule has 0 heterocycles. The Morgan fingerprint density at radius 2 is 1.20 bits per heavy atom. The zero-order valence-electron chi connectivity index (χ0n) is 8.18. The molecule has 0 aromatic rings. The van der Waals surface area contributed by atoms with Crippen molar-refractivity contribution >= 4 is 55.2 Å². The predicted octanol–water partition coefficient (Wildman–Crippen LogP) is 0.879. The molecular weight excluding hydrogens is 252 g/mol. The van der Waals surface area contributed by atoms with Gasteiger partial charge in [0.25, 0.3) is 0 Å². The fourth-order valence-corrected chi connectivity index (χ4v) is 1.62. The highest BCUT2D eigenvalue weighted by molar-refractivity contribution is 7.81. The maximum absolute atomic E-state index is 11.4. The molecule has 0 bridgehead atoms. The van der Waals surface area contributed by atoms with Gasteiger partial charge in [0, 0.05) is 36.0 Å². The number of carbonyl (C=O) groups excluding carboxylic acids is 3. The Bertz CT molecular complexity index is 235. The van der Waals surface area contributed by atoms with Crippen LogP contribution in [-0.2, 0) is 14.4 Å². The van der Waals surface area contributed by atoms with Crippen molar-refractivity contribution < 1.29 is 14.4 Å². The normalized spacial score (nSPS) is 10.4. The van der Waals surface area contributed by atoms with Crippen molar-refractivity contribution in [2.75, 3.05) is 17.3 Å². The van der Waals surface area contributed by atoms with E-state index in [1.165, 1.54) is 0 Å². The molecule has 6 heteroatoms. The van der Waals surface area contributed by atoms with Gasteiger partial charge >= 0.3 is 0 Å². The van der Waals surface area contributed by atoms with Crippen LogP contribution < -0.4 is 0 Å². The van der Waals surface area contributed by atoms with Crippen LogP contribution in [0.25, 0.3) is 0 Å². The highest BCUT2D eigenvalue weighted by Crippen LogP contribution is 2.13. The Morgan fingerprint density at radius 1 is 0.800 bits per heavy atom. The van der Waals surface area contributed by atoms with E-state index < -0.39 is 5.92 Å². The minimum absolute atomic E-state index is 0.0460. The summed E-state index contributed by atoms with van der Waals surface area (Å²) in [4.78, 5) is 33.6. The second-order valence-electron chi connectivity index (χ2n) is 3.12. The molecule has 3 nitrogen and oxygen atoms in total. The number of carbonyl (C=O) groups is 3. The molecular formula is C9H14O3S3. The van der Waals surface area contributed by atoms with Crippen LogP contribution in [0.5, 0.6) is 0 Å². The Hall–Kier alpha value is 0.0600.